The standard InChI is InChI=1S/C18H27NO3/c1-11-9-13-14-5-3-7-19-8-4-6-15(18(14,19)10-11)16(21)17(13)22-12(2)20/h11,13-15,17H,3-10H2,1-2H3/t11-,13-,14-,15-,17+,18-/m1/s1. The van der Waals surface area contributed by atoms with Crippen LogP contribution in [0.4, 0.5) is 0 Å². The van der Waals surface area contributed by atoms with Gasteiger partial charge in [-0.05, 0) is 63.5 Å². The monoisotopic (exact) mass is 305 g/mol. The first-order valence-corrected chi connectivity index (χ1v) is 9.00. The number of Topliss-reactive ketones (excluding diaryl/α,β-unsaturated/α-hetero) is 1. The van der Waals surface area contributed by atoms with E-state index >= 15 is 0 Å². The van der Waals surface area contributed by atoms with Crippen LogP contribution in [0.3, 0.4) is 0 Å². The van der Waals surface area contributed by atoms with Gasteiger partial charge in [-0.15, -0.1) is 0 Å². The van der Waals surface area contributed by atoms with Crippen LogP contribution in [0.25, 0.3) is 0 Å². The minimum Gasteiger partial charge on any atom is -0.454 e. The summed E-state index contributed by atoms with van der Waals surface area (Å²) in [7, 11) is 0. The van der Waals surface area contributed by atoms with E-state index < -0.39 is 6.10 Å². The highest BCUT2D eigenvalue weighted by molar-refractivity contribution is 5.90. The van der Waals surface area contributed by atoms with Gasteiger partial charge in [0, 0.05) is 24.3 Å². The quantitative estimate of drug-likeness (QED) is 0.698. The molecule has 2 heterocycles. The van der Waals surface area contributed by atoms with Crippen LogP contribution < -0.4 is 0 Å². The smallest absolute Gasteiger partial charge is 0.303 e. The molecule has 4 nitrogen and oxygen atoms in total. The SMILES string of the molecule is CC(=O)O[C@@H]1C(=O)[C@H]2CCCN3CCC[C@@H]4[C@H]1C[C@@H](C)C[C@]243. The first-order valence-electron chi connectivity index (χ1n) is 9.00. The lowest BCUT2D eigenvalue weighted by Gasteiger charge is -2.66. The molecule has 6 atom stereocenters. The van der Waals surface area contributed by atoms with Gasteiger partial charge in [0.1, 0.15) is 0 Å². The maximum Gasteiger partial charge on any atom is 0.303 e. The van der Waals surface area contributed by atoms with Crippen molar-refractivity contribution in [2.45, 2.75) is 64.0 Å². The normalized spacial score (nSPS) is 47.7. The van der Waals surface area contributed by atoms with Crippen LogP contribution in [0.15, 0.2) is 0 Å². The van der Waals surface area contributed by atoms with Gasteiger partial charge < -0.3 is 4.74 Å². The van der Waals surface area contributed by atoms with Gasteiger partial charge in [-0.25, -0.2) is 0 Å². The summed E-state index contributed by atoms with van der Waals surface area (Å²) >= 11 is 0. The van der Waals surface area contributed by atoms with E-state index in [-0.39, 0.29) is 29.1 Å². The molecule has 4 heteroatoms. The zero-order chi connectivity index (χ0) is 15.5. The molecule has 4 fully saturated rings. The summed E-state index contributed by atoms with van der Waals surface area (Å²) in [4.78, 5) is 27.3. The number of carbonyl (C=O) groups is 2. The second-order valence-corrected chi connectivity index (χ2v) is 8.06. The van der Waals surface area contributed by atoms with E-state index in [1.807, 2.05) is 0 Å². The van der Waals surface area contributed by atoms with Crippen molar-refractivity contribution < 1.29 is 14.3 Å². The molecular weight excluding hydrogens is 278 g/mol. The molecule has 2 bridgehead atoms. The first-order chi connectivity index (χ1) is 10.5. The van der Waals surface area contributed by atoms with Crippen molar-refractivity contribution in [3.05, 3.63) is 0 Å². The van der Waals surface area contributed by atoms with E-state index in [0.717, 1.165) is 38.8 Å². The molecule has 2 aliphatic carbocycles. The summed E-state index contributed by atoms with van der Waals surface area (Å²) in [5.74, 6) is 1.44. The predicted octanol–water partition coefficient (Wildman–Crippen LogP) is 2.41. The van der Waals surface area contributed by atoms with Crippen molar-refractivity contribution >= 4 is 11.8 Å². The number of rotatable bonds is 1. The maximum atomic E-state index is 13.1. The highest BCUT2D eigenvalue weighted by atomic mass is 16.5. The van der Waals surface area contributed by atoms with Gasteiger partial charge in [0.2, 0.25) is 0 Å². The number of ketones is 1. The largest absolute Gasteiger partial charge is 0.454 e. The van der Waals surface area contributed by atoms with Crippen LogP contribution in [0, 0.1) is 23.7 Å². The molecule has 122 valence electrons. The van der Waals surface area contributed by atoms with Crippen LogP contribution >= 0.6 is 0 Å². The second-order valence-electron chi connectivity index (χ2n) is 8.06. The molecule has 0 amide bonds. The third-order valence-corrected chi connectivity index (χ3v) is 6.87. The lowest BCUT2D eigenvalue weighted by atomic mass is 9.48. The molecule has 4 rings (SSSR count). The number of hydrogen-bond donors (Lipinski definition) is 0. The lowest BCUT2D eigenvalue weighted by Crippen LogP contribution is -2.74. The fraction of sp³-hybridized carbons (Fsp3) is 0.889. The second kappa shape index (κ2) is 5.05. The molecule has 0 aromatic rings. The highest BCUT2D eigenvalue weighted by Crippen LogP contribution is 2.59. The zero-order valence-corrected chi connectivity index (χ0v) is 13.7. The number of ether oxygens (including phenoxy) is 1. The highest BCUT2D eigenvalue weighted by Gasteiger charge is 2.65. The number of nitrogens with zero attached hydrogens (tertiary/aromatic N) is 1. The molecule has 0 unspecified atom stereocenters. The number of esters is 1. The van der Waals surface area contributed by atoms with E-state index in [2.05, 4.69) is 11.8 Å². The van der Waals surface area contributed by atoms with Crippen molar-refractivity contribution in [2.75, 3.05) is 13.1 Å². The van der Waals surface area contributed by atoms with E-state index in [1.54, 1.807) is 0 Å². The summed E-state index contributed by atoms with van der Waals surface area (Å²) in [5, 5.41) is 0. The number of piperidine rings is 2. The van der Waals surface area contributed by atoms with Crippen molar-refractivity contribution in [3.63, 3.8) is 0 Å². The Morgan fingerprint density at radius 1 is 1.27 bits per heavy atom. The van der Waals surface area contributed by atoms with Crippen LogP contribution in [0.1, 0.15) is 52.4 Å². The molecule has 0 aromatic carbocycles. The summed E-state index contributed by atoms with van der Waals surface area (Å²) in [6, 6.07) is 0. The molecule has 0 N–H and O–H groups in total. The predicted molar refractivity (Wildman–Crippen MR) is 82.2 cm³/mol. The molecule has 1 spiro atoms. The Hall–Kier alpha value is -0.900. The van der Waals surface area contributed by atoms with Gasteiger partial charge in [0.15, 0.2) is 11.9 Å². The fourth-order valence-corrected chi connectivity index (χ4v) is 6.46. The molecule has 2 saturated carbocycles. The van der Waals surface area contributed by atoms with E-state index in [9.17, 15) is 9.59 Å². The third kappa shape index (κ3) is 1.85. The molecule has 0 aromatic heterocycles. The Balaban J connectivity index is 1.79. The van der Waals surface area contributed by atoms with Crippen LogP contribution in [-0.4, -0.2) is 41.4 Å². The van der Waals surface area contributed by atoms with Gasteiger partial charge in [0.05, 0.1) is 0 Å². The van der Waals surface area contributed by atoms with Gasteiger partial charge in [0.25, 0.3) is 0 Å². The van der Waals surface area contributed by atoms with Crippen LogP contribution in [-0.2, 0) is 14.3 Å². The molecular formula is C18H27NO3. The topological polar surface area (TPSA) is 46.6 Å². The van der Waals surface area contributed by atoms with Crippen molar-refractivity contribution in [3.8, 4) is 0 Å². The van der Waals surface area contributed by atoms with Crippen LogP contribution in [0.2, 0.25) is 0 Å². The van der Waals surface area contributed by atoms with Gasteiger partial charge in [-0.1, -0.05) is 6.92 Å². The Labute approximate surface area is 132 Å². The Morgan fingerprint density at radius 2 is 2.00 bits per heavy atom. The maximum absolute atomic E-state index is 13.1. The van der Waals surface area contributed by atoms with Crippen molar-refractivity contribution in [2.24, 2.45) is 23.7 Å². The van der Waals surface area contributed by atoms with E-state index in [0.29, 0.717) is 11.8 Å². The minimum atomic E-state index is -0.471. The fourth-order valence-electron chi connectivity index (χ4n) is 6.46. The molecule has 4 aliphatic rings. The minimum absolute atomic E-state index is 0.0898. The number of hydrogen-bond acceptors (Lipinski definition) is 4. The van der Waals surface area contributed by atoms with E-state index in [1.165, 1.54) is 19.8 Å². The van der Waals surface area contributed by atoms with Crippen molar-refractivity contribution in [1.82, 2.24) is 4.90 Å². The zero-order valence-electron chi connectivity index (χ0n) is 13.7. The molecule has 2 saturated heterocycles. The van der Waals surface area contributed by atoms with E-state index in [4.69, 9.17) is 4.74 Å². The number of carbonyl (C=O) groups excluding carboxylic acids is 2. The molecule has 0 radical (unpaired) electrons. The van der Waals surface area contributed by atoms with Gasteiger partial charge >= 0.3 is 5.97 Å². The van der Waals surface area contributed by atoms with Crippen LogP contribution in [0.5, 0.6) is 0 Å². The summed E-state index contributed by atoms with van der Waals surface area (Å²) in [6.45, 7) is 6.06. The lowest BCUT2D eigenvalue weighted by molar-refractivity contribution is -0.202. The Morgan fingerprint density at radius 3 is 2.73 bits per heavy atom. The average molecular weight is 305 g/mol. The summed E-state index contributed by atoms with van der Waals surface area (Å²) < 4.78 is 5.57. The molecule has 22 heavy (non-hydrogen) atoms. The van der Waals surface area contributed by atoms with Gasteiger partial charge in [-0.3, -0.25) is 14.5 Å². The van der Waals surface area contributed by atoms with Gasteiger partial charge in [-0.2, -0.15) is 0 Å². The summed E-state index contributed by atoms with van der Waals surface area (Å²) in [6.07, 6.45) is 6.26. The average Bonchev–Trinajstić information content (AvgIpc) is 2.47. The van der Waals surface area contributed by atoms with Crippen molar-refractivity contribution in [1.29, 1.82) is 0 Å². The Bertz CT molecular complexity index is 503. The summed E-state index contributed by atoms with van der Waals surface area (Å²) in [5.41, 5.74) is 0.0898. The first kappa shape index (κ1) is 14.7. The molecule has 2 aliphatic heterocycles. The Kier molecular flexibility index (Phi) is 3.37. The third-order valence-electron chi connectivity index (χ3n) is 6.87.